The molecule has 1 aliphatic heterocycles. The Labute approximate surface area is 105 Å². The zero-order valence-corrected chi connectivity index (χ0v) is 9.84. The predicted molar refractivity (Wildman–Crippen MR) is 72.0 cm³/mol. The summed E-state index contributed by atoms with van der Waals surface area (Å²) in [6.07, 6.45) is 3.63. The number of anilines is 1. The van der Waals surface area contributed by atoms with Crippen LogP contribution in [-0.2, 0) is 0 Å². The molecular weight excluding hydrogens is 226 g/mol. The lowest BCUT2D eigenvalue weighted by Gasteiger charge is -2.08. The van der Waals surface area contributed by atoms with Crippen molar-refractivity contribution in [2.45, 2.75) is 0 Å². The standard InChI is InChI=1S/C14H13N3O/c15-14-4-2-11(9-17-14)10-1-3-13-12(7-10)8-16-5-6-18-13/h1-4,7-9H,5-6H2,(H2,15,17). The van der Waals surface area contributed by atoms with Gasteiger partial charge in [0.2, 0.25) is 0 Å². The van der Waals surface area contributed by atoms with Crippen LogP contribution in [0.2, 0.25) is 0 Å². The minimum Gasteiger partial charge on any atom is -0.491 e. The van der Waals surface area contributed by atoms with Gasteiger partial charge < -0.3 is 10.5 Å². The average Bonchev–Trinajstić information content (AvgIpc) is 2.64. The molecule has 4 nitrogen and oxygen atoms in total. The van der Waals surface area contributed by atoms with Gasteiger partial charge in [0, 0.05) is 23.5 Å². The Bertz CT molecular complexity index is 590. The maximum Gasteiger partial charge on any atom is 0.128 e. The first-order chi connectivity index (χ1) is 8.83. The highest BCUT2D eigenvalue weighted by Crippen LogP contribution is 2.26. The van der Waals surface area contributed by atoms with E-state index in [0.29, 0.717) is 19.0 Å². The smallest absolute Gasteiger partial charge is 0.128 e. The highest BCUT2D eigenvalue weighted by Gasteiger charge is 2.07. The second kappa shape index (κ2) is 4.49. The van der Waals surface area contributed by atoms with Crippen molar-refractivity contribution >= 4 is 12.0 Å². The van der Waals surface area contributed by atoms with E-state index >= 15 is 0 Å². The molecule has 2 aromatic rings. The van der Waals surface area contributed by atoms with Crippen LogP contribution < -0.4 is 10.5 Å². The number of nitrogens with two attached hydrogens (primary N) is 1. The fraction of sp³-hybridized carbons (Fsp3) is 0.143. The summed E-state index contributed by atoms with van der Waals surface area (Å²) in [6.45, 7) is 1.33. The van der Waals surface area contributed by atoms with Gasteiger partial charge in [-0.3, -0.25) is 4.99 Å². The Hall–Kier alpha value is -2.36. The maximum absolute atomic E-state index is 5.60. The molecular formula is C14H13N3O. The van der Waals surface area contributed by atoms with E-state index in [9.17, 15) is 0 Å². The zero-order valence-electron chi connectivity index (χ0n) is 9.84. The quantitative estimate of drug-likeness (QED) is 0.829. The van der Waals surface area contributed by atoms with Crippen molar-refractivity contribution < 1.29 is 4.74 Å². The third kappa shape index (κ3) is 2.05. The topological polar surface area (TPSA) is 60.5 Å². The zero-order chi connectivity index (χ0) is 12.4. The van der Waals surface area contributed by atoms with Crippen molar-refractivity contribution in [3.05, 3.63) is 42.1 Å². The van der Waals surface area contributed by atoms with Crippen LogP contribution in [0.25, 0.3) is 11.1 Å². The first-order valence-corrected chi connectivity index (χ1v) is 5.81. The monoisotopic (exact) mass is 239 g/mol. The molecule has 0 saturated carbocycles. The number of aromatic nitrogens is 1. The highest BCUT2D eigenvalue weighted by atomic mass is 16.5. The highest BCUT2D eigenvalue weighted by molar-refractivity contribution is 5.86. The van der Waals surface area contributed by atoms with Gasteiger partial charge in [-0.1, -0.05) is 6.07 Å². The summed E-state index contributed by atoms with van der Waals surface area (Å²) in [7, 11) is 0. The Balaban J connectivity index is 2.03. The fourth-order valence-electron chi connectivity index (χ4n) is 1.91. The molecule has 18 heavy (non-hydrogen) atoms. The van der Waals surface area contributed by atoms with Gasteiger partial charge in [-0.05, 0) is 29.8 Å². The van der Waals surface area contributed by atoms with Gasteiger partial charge in [-0.25, -0.2) is 4.98 Å². The van der Waals surface area contributed by atoms with E-state index in [0.717, 1.165) is 22.4 Å². The Morgan fingerprint density at radius 2 is 2.00 bits per heavy atom. The average molecular weight is 239 g/mol. The molecule has 1 aliphatic rings. The molecule has 2 heterocycles. The lowest BCUT2D eigenvalue weighted by atomic mass is 10.0. The third-order valence-corrected chi connectivity index (χ3v) is 2.84. The van der Waals surface area contributed by atoms with E-state index in [1.165, 1.54) is 0 Å². The molecule has 0 unspecified atom stereocenters. The maximum atomic E-state index is 5.60. The molecule has 0 aliphatic carbocycles. The van der Waals surface area contributed by atoms with Crippen LogP contribution in [0, 0.1) is 0 Å². The molecule has 0 amide bonds. The van der Waals surface area contributed by atoms with Crippen LogP contribution in [0.4, 0.5) is 5.82 Å². The number of hydrogen-bond donors (Lipinski definition) is 1. The molecule has 0 radical (unpaired) electrons. The van der Waals surface area contributed by atoms with Gasteiger partial charge in [0.1, 0.15) is 18.2 Å². The number of ether oxygens (including phenoxy) is 1. The third-order valence-electron chi connectivity index (χ3n) is 2.84. The number of rotatable bonds is 1. The summed E-state index contributed by atoms with van der Waals surface area (Å²) in [5.41, 5.74) is 8.70. The number of aliphatic imine (C=N–C) groups is 1. The molecule has 4 heteroatoms. The van der Waals surface area contributed by atoms with Crippen LogP contribution in [0.15, 0.2) is 41.5 Å². The van der Waals surface area contributed by atoms with Crippen molar-refractivity contribution in [1.82, 2.24) is 4.98 Å². The van der Waals surface area contributed by atoms with Crippen molar-refractivity contribution in [2.24, 2.45) is 4.99 Å². The molecule has 0 spiro atoms. The molecule has 3 rings (SSSR count). The van der Waals surface area contributed by atoms with Crippen LogP contribution in [0.1, 0.15) is 5.56 Å². The first kappa shape index (κ1) is 10.8. The van der Waals surface area contributed by atoms with Crippen LogP contribution in [0.3, 0.4) is 0 Å². The lowest BCUT2D eigenvalue weighted by Crippen LogP contribution is -1.99. The minimum atomic E-state index is 0.526. The van der Waals surface area contributed by atoms with Gasteiger partial charge in [-0.2, -0.15) is 0 Å². The van der Waals surface area contributed by atoms with E-state index in [1.807, 2.05) is 24.4 Å². The number of hydrogen-bond acceptors (Lipinski definition) is 4. The second-order valence-electron chi connectivity index (χ2n) is 4.11. The molecule has 0 bridgehead atoms. The Morgan fingerprint density at radius 3 is 2.83 bits per heavy atom. The molecule has 1 aromatic heterocycles. The fourth-order valence-corrected chi connectivity index (χ4v) is 1.91. The summed E-state index contributed by atoms with van der Waals surface area (Å²) in [6, 6.07) is 9.80. The predicted octanol–water partition coefficient (Wildman–Crippen LogP) is 2.14. The van der Waals surface area contributed by atoms with Crippen molar-refractivity contribution in [3.63, 3.8) is 0 Å². The molecule has 1 aromatic carbocycles. The number of nitrogen functional groups attached to an aromatic ring is 1. The van der Waals surface area contributed by atoms with Crippen LogP contribution in [-0.4, -0.2) is 24.4 Å². The van der Waals surface area contributed by atoms with Gasteiger partial charge in [0.15, 0.2) is 0 Å². The number of benzene rings is 1. The van der Waals surface area contributed by atoms with Gasteiger partial charge in [-0.15, -0.1) is 0 Å². The first-order valence-electron chi connectivity index (χ1n) is 5.81. The Kier molecular flexibility index (Phi) is 2.68. The SMILES string of the molecule is Nc1ccc(-c2ccc3c(c2)C=NCCO3)cn1. The van der Waals surface area contributed by atoms with Crippen molar-refractivity contribution in [3.8, 4) is 16.9 Å². The van der Waals surface area contributed by atoms with Crippen LogP contribution in [0.5, 0.6) is 5.75 Å². The second-order valence-corrected chi connectivity index (χ2v) is 4.11. The summed E-state index contributed by atoms with van der Waals surface area (Å²) >= 11 is 0. The lowest BCUT2D eigenvalue weighted by molar-refractivity contribution is 0.331. The summed E-state index contributed by atoms with van der Waals surface area (Å²) in [4.78, 5) is 8.37. The van der Waals surface area contributed by atoms with Gasteiger partial charge in [0.25, 0.3) is 0 Å². The molecule has 0 atom stereocenters. The van der Waals surface area contributed by atoms with E-state index in [2.05, 4.69) is 16.0 Å². The molecule has 90 valence electrons. The van der Waals surface area contributed by atoms with E-state index in [1.54, 1.807) is 12.3 Å². The number of fused-ring (bicyclic) bond motifs is 1. The van der Waals surface area contributed by atoms with E-state index in [4.69, 9.17) is 10.5 Å². The summed E-state index contributed by atoms with van der Waals surface area (Å²) in [5, 5.41) is 0. The minimum absolute atomic E-state index is 0.526. The van der Waals surface area contributed by atoms with Crippen molar-refractivity contribution in [2.75, 3.05) is 18.9 Å². The van der Waals surface area contributed by atoms with E-state index in [-0.39, 0.29) is 0 Å². The molecule has 2 N–H and O–H groups in total. The number of pyridine rings is 1. The summed E-state index contributed by atoms with van der Waals surface area (Å²) in [5.74, 6) is 1.40. The van der Waals surface area contributed by atoms with Gasteiger partial charge in [0.05, 0.1) is 6.54 Å². The van der Waals surface area contributed by atoms with Crippen LogP contribution >= 0.6 is 0 Å². The largest absolute Gasteiger partial charge is 0.491 e. The molecule has 0 saturated heterocycles. The van der Waals surface area contributed by atoms with Gasteiger partial charge >= 0.3 is 0 Å². The normalized spacial score (nSPS) is 13.6. The van der Waals surface area contributed by atoms with E-state index < -0.39 is 0 Å². The van der Waals surface area contributed by atoms with Crippen molar-refractivity contribution in [1.29, 1.82) is 0 Å². The Morgan fingerprint density at radius 1 is 1.11 bits per heavy atom. The number of nitrogens with zero attached hydrogens (tertiary/aromatic N) is 2. The molecule has 0 fully saturated rings. The summed E-state index contributed by atoms with van der Waals surface area (Å²) < 4.78 is 5.60.